The fourth-order valence-electron chi connectivity index (χ4n) is 1.95. The van der Waals surface area contributed by atoms with Crippen LogP contribution in [0.15, 0.2) is 39.1 Å². The average Bonchev–Trinajstić information content (AvgIpc) is 2.26. The van der Waals surface area contributed by atoms with Crippen molar-refractivity contribution in [1.82, 2.24) is 0 Å². The highest BCUT2D eigenvalue weighted by Crippen LogP contribution is 2.27. The molecule has 0 aliphatic heterocycles. The van der Waals surface area contributed by atoms with Crippen molar-refractivity contribution in [3.63, 3.8) is 0 Å². The molecule has 2 rings (SSSR count). The van der Waals surface area contributed by atoms with Gasteiger partial charge in [-0.2, -0.15) is 0 Å². The molecular weight excluding hydrogens is 228 g/mol. The topological polar surface area (TPSA) is 50.4 Å². The SMILES string of the molecule is CC(C)=CCc1c(O)ccc2c(=O)oc(C)cc12. The van der Waals surface area contributed by atoms with E-state index in [-0.39, 0.29) is 11.4 Å². The molecule has 1 N–H and O–H groups in total. The lowest BCUT2D eigenvalue weighted by Crippen LogP contribution is -2.02. The highest BCUT2D eigenvalue weighted by atomic mass is 16.4. The highest BCUT2D eigenvalue weighted by Gasteiger charge is 2.10. The predicted molar refractivity (Wildman–Crippen MR) is 72.0 cm³/mol. The quantitative estimate of drug-likeness (QED) is 0.824. The van der Waals surface area contributed by atoms with E-state index in [9.17, 15) is 9.90 Å². The summed E-state index contributed by atoms with van der Waals surface area (Å²) < 4.78 is 5.06. The number of allylic oxidation sites excluding steroid dienone is 2. The maximum Gasteiger partial charge on any atom is 0.343 e. The third kappa shape index (κ3) is 2.30. The lowest BCUT2D eigenvalue weighted by Gasteiger charge is -2.07. The van der Waals surface area contributed by atoms with E-state index < -0.39 is 0 Å². The molecule has 3 nitrogen and oxygen atoms in total. The van der Waals surface area contributed by atoms with Crippen molar-refractivity contribution >= 4 is 10.8 Å². The Labute approximate surface area is 105 Å². The number of fused-ring (bicyclic) bond motifs is 1. The standard InChI is InChI=1S/C15H16O3/c1-9(2)4-5-11-13-8-10(3)18-15(17)12(13)6-7-14(11)16/h4,6-8,16H,5H2,1-3H3. The molecule has 94 valence electrons. The van der Waals surface area contributed by atoms with E-state index in [1.165, 1.54) is 5.57 Å². The van der Waals surface area contributed by atoms with Gasteiger partial charge in [-0.3, -0.25) is 0 Å². The van der Waals surface area contributed by atoms with E-state index in [0.29, 0.717) is 17.6 Å². The first-order chi connectivity index (χ1) is 8.49. The summed E-state index contributed by atoms with van der Waals surface area (Å²) in [5, 5.41) is 11.2. The van der Waals surface area contributed by atoms with Gasteiger partial charge in [-0.25, -0.2) is 4.79 Å². The molecule has 1 aromatic carbocycles. The Bertz CT molecular complexity index is 674. The van der Waals surface area contributed by atoms with Crippen LogP contribution in [0.4, 0.5) is 0 Å². The van der Waals surface area contributed by atoms with Crippen LogP contribution in [0, 0.1) is 6.92 Å². The Kier molecular flexibility index (Phi) is 3.24. The van der Waals surface area contributed by atoms with Crippen LogP contribution in [0.5, 0.6) is 5.75 Å². The van der Waals surface area contributed by atoms with Gasteiger partial charge in [0.25, 0.3) is 0 Å². The van der Waals surface area contributed by atoms with Crippen molar-refractivity contribution in [3.05, 3.63) is 51.6 Å². The fraction of sp³-hybridized carbons (Fsp3) is 0.267. The van der Waals surface area contributed by atoms with Crippen molar-refractivity contribution in [2.24, 2.45) is 0 Å². The van der Waals surface area contributed by atoms with Crippen molar-refractivity contribution in [1.29, 1.82) is 0 Å². The largest absolute Gasteiger partial charge is 0.508 e. The molecule has 1 aromatic heterocycles. The number of benzene rings is 1. The zero-order valence-electron chi connectivity index (χ0n) is 10.8. The zero-order valence-corrected chi connectivity index (χ0v) is 10.8. The molecule has 0 fully saturated rings. The number of phenols is 1. The molecule has 0 bridgehead atoms. The highest BCUT2D eigenvalue weighted by molar-refractivity contribution is 5.87. The van der Waals surface area contributed by atoms with E-state index in [0.717, 1.165) is 10.9 Å². The fourth-order valence-corrected chi connectivity index (χ4v) is 1.95. The van der Waals surface area contributed by atoms with E-state index in [1.807, 2.05) is 19.9 Å². The smallest absolute Gasteiger partial charge is 0.343 e. The molecule has 3 heteroatoms. The van der Waals surface area contributed by atoms with Crippen LogP contribution in [0.1, 0.15) is 25.2 Å². The first kappa shape index (κ1) is 12.4. The molecular formula is C15H16O3. The summed E-state index contributed by atoms with van der Waals surface area (Å²) in [6.07, 6.45) is 2.63. The molecule has 2 aromatic rings. The monoisotopic (exact) mass is 244 g/mol. The maximum absolute atomic E-state index is 11.7. The van der Waals surface area contributed by atoms with E-state index in [1.54, 1.807) is 25.1 Å². The van der Waals surface area contributed by atoms with Crippen LogP contribution < -0.4 is 5.63 Å². The van der Waals surface area contributed by atoms with Crippen LogP contribution in [0.3, 0.4) is 0 Å². The van der Waals surface area contributed by atoms with Gasteiger partial charge in [-0.1, -0.05) is 11.6 Å². The van der Waals surface area contributed by atoms with Crippen LogP contribution in [0.2, 0.25) is 0 Å². The second kappa shape index (κ2) is 4.69. The summed E-state index contributed by atoms with van der Waals surface area (Å²) in [5.74, 6) is 0.765. The van der Waals surface area contributed by atoms with E-state index in [4.69, 9.17) is 4.42 Å². The van der Waals surface area contributed by atoms with Gasteiger partial charge >= 0.3 is 5.63 Å². The second-order valence-corrected chi connectivity index (χ2v) is 4.65. The molecule has 0 amide bonds. The van der Waals surface area contributed by atoms with Crippen LogP contribution >= 0.6 is 0 Å². The summed E-state index contributed by atoms with van der Waals surface area (Å²) in [4.78, 5) is 11.7. The molecule has 0 spiro atoms. The number of hydrogen-bond donors (Lipinski definition) is 1. The average molecular weight is 244 g/mol. The maximum atomic E-state index is 11.7. The number of aromatic hydroxyl groups is 1. The lowest BCUT2D eigenvalue weighted by atomic mass is 10.0. The third-order valence-corrected chi connectivity index (χ3v) is 2.87. The van der Waals surface area contributed by atoms with Gasteiger partial charge in [0.1, 0.15) is 11.5 Å². The van der Waals surface area contributed by atoms with Gasteiger partial charge in [-0.15, -0.1) is 0 Å². The van der Waals surface area contributed by atoms with Gasteiger partial charge < -0.3 is 9.52 Å². The Balaban J connectivity index is 2.74. The number of phenolic OH excluding ortho intramolecular Hbond substituents is 1. The summed E-state index contributed by atoms with van der Waals surface area (Å²) >= 11 is 0. The minimum absolute atomic E-state index is 0.213. The van der Waals surface area contributed by atoms with Crippen molar-refractivity contribution in [2.45, 2.75) is 27.2 Å². The molecule has 0 atom stereocenters. The summed E-state index contributed by atoms with van der Waals surface area (Å²) in [6.45, 7) is 5.74. The van der Waals surface area contributed by atoms with Crippen LogP contribution in [-0.2, 0) is 6.42 Å². The minimum atomic E-state index is -0.358. The van der Waals surface area contributed by atoms with Crippen molar-refractivity contribution in [2.75, 3.05) is 0 Å². The van der Waals surface area contributed by atoms with Gasteiger partial charge in [-0.05, 0) is 50.8 Å². The molecule has 0 aliphatic rings. The normalized spacial score (nSPS) is 10.6. The van der Waals surface area contributed by atoms with Crippen molar-refractivity contribution < 1.29 is 9.52 Å². The molecule has 0 unspecified atom stereocenters. The van der Waals surface area contributed by atoms with Crippen LogP contribution in [0.25, 0.3) is 10.8 Å². The Morgan fingerprint density at radius 1 is 1.33 bits per heavy atom. The number of hydrogen-bond acceptors (Lipinski definition) is 3. The van der Waals surface area contributed by atoms with Gasteiger partial charge in [0.15, 0.2) is 0 Å². The molecule has 1 heterocycles. The first-order valence-electron chi connectivity index (χ1n) is 5.87. The Morgan fingerprint density at radius 3 is 2.72 bits per heavy atom. The van der Waals surface area contributed by atoms with Gasteiger partial charge in [0.05, 0.1) is 5.39 Å². The zero-order chi connectivity index (χ0) is 13.3. The molecule has 0 saturated carbocycles. The van der Waals surface area contributed by atoms with E-state index in [2.05, 4.69) is 0 Å². The van der Waals surface area contributed by atoms with E-state index >= 15 is 0 Å². The Morgan fingerprint density at radius 2 is 2.06 bits per heavy atom. The molecule has 0 saturated heterocycles. The minimum Gasteiger partial charge on any atom is -0.508 e. The summed E-state index contributed by atoms with van der Waals surface area (Å²) in [5.41, 5.74) is 1.58. The summed E-state index contributed by atoms with van der Waals surface area (Å²) in [7, 11) is 0. The Hall–Kier alpha value is -2.03. The number of aryl methyl sites for hydroxylation is 1. The molecule has 0 aliphatic carbocycles. The molecule has 0 radical (unpaired) electrons. The van der Waals surface area contributed by atoms with Crippen molar-refractivity contribution in [3.8, 4) is 5.75 Å². The first-order valence-corrected chi connectivity index (χ1v) is 5.87. The predicted octanol–water partition coefficient (Wildman–Crippen LogP) is 3.32. The van der Waals surface area contributed by atoms with Gasteiger partial charge in [0, 0.05) is 5.56 Å². The second-order valence-electron chi connectivity index (χ2n) is 4.65. The van der Waals surface area contributed by atoms with Gasteiger partial charge in [0.2, 0.25) is 0 Å². The molecule has 18 heavy (non-hydrogen) atoms. The number of rotatable bonds is 2. The van der Waals surface area contributed by atoms with Crippen LogP contribution in [-0.4, -0.2) is 5.11 Å². The summed E-state index contributed by atoms with van der Waals surface area (Å²) in [6, 6.07) is 4.94. The third-order valence-electron chi connectivity index (χ3n) is 2.87. The lowest BCUT2D eigenvalue weighted by molar-refractivity contribution is 0.469.